The van der Waals surface area contributed by atoms with Gasteiger partial charge in [0.2, 0.25) is 5.91 Å². The molecule has 45 heavy (non-hydrogen) atoms. The first-order valence-electron chi connectivity index (χ1n) is 14.5. The molecule has 1 heterocycles. The van der Waals surface area contributed by atoms with Crippen molar-refractivity contribution in [3.8, 4) is 11.8 Å². The van der Waals surface area contributed by atoms with Crippen LogP contribution in [0.1, 0.15) is 69.9 Å². The molecule has 0 unspecified atom stereocenters. The zero-order valence-corrected chi connectivity index (χ0v) is 27.4. The molecular weight excluding hydrogens is 621 g/mol. The van der Waals surface area contributed by atoms with Crippen LogP contribution in [0.4, 0.5) is 14.5 Å². The van der Waals surface area contributed by atoms with Gasteiger partial charge in [-0.05, 0) is 67.6 Å². The molecule has 1 saturated heterocycles. The van der Waals surface area contributed by atoms with Gasteiger partial charge in [0.05, 0.1) is 29.9 Å². The van der Waals surface area contributed by atoms with Crippen LogP contribution in [0.2, 0.25) is 10.0 Å². The van der Waals surface area contributed by atoms with Crippen LogP contribution in [0.25, 0.3) is 0 Å². The average Bonchev–Trinajstić information content (AvgIpc) is 3.27. The minimum absolute atomic E-state index is 0. The molecule has 1 aliphatic heterocycles. The van der Waals surface area contributed by atoms with Crippen LogP contribution in [0.5, 0.6) is 5.75 Å². The minimum Gasteiger partial charge on any atom is -0.495 e. The summed E-state index contributed by atoms with van der Waals surface area (Å²) in [5.74, 6) is -3.52. The molecule has 1 aliphatic rings. The van der Waals surface area contributed by atoms with Gasteiger partial charge in [0.15, 0.2) is 0 Å². The molecule has 2 amide bonds. The quantitative estimate of drug-likeness (QED) is 0.231. The van der Waals surface area contributed by atoms with E-state index in [0.29, 0.717) is 12.0 Å². The van der Waals surface area contributed by atoms with E-state index in [1.54, 1.807) is 0 Å². The van der Waals surface area contributed by atoms with E-state index in [9.17, 15) is 14.9 Å². The van der Waals surface area contributed by atoms with Crippen molar-refractivity contribution in [1.82, 2.24) is 10.6 Å². The number of methoxy groups -OCH3 is 1. The molecule has 0 spiro atoms. The maximum Gasteiger partial charge on any atom is 0.251 e. The van der Waals surface area contributed by atoms with Crippen molar-refractivity contribution in [3.63, 3.8) is 0 Å². The zero-order chi connectivity index (χ0) is 33.3. The highest BCUT2D eigenvalue weighted by atomic mass is 35.5. The van der Waals surface area contributed by atoms with Gasteiger partial charge in [-0.3, -0.25) is 9.59 Å². The molecule has 4 rings (SSSR count). The van der Waals surface area contributed by atoms with Gasteiger partial charge in [-0.25, -0.2) is 8.78 Å². The molecule has 3 aromatic rings. The van der Waals surface area contributed by atoms with Crippen LogP contribution in [-0.4, -0.2) is 37.0 Å². The standard InChI is InChI=1S/C34H36Cl2F2N4O3.H2/c1-18(2)40-31(43)19-10-13-25(26(14-19)45-6)41-32(44)30-28(21-8-7-9-23(36)29(21)38)34(17-39,27(42-30)16-33(3,4)5)22-12-11-20(35)15-24(22)37;/h7-15,18,27-28,30,42H,16H2,1-6H3,(H,40,43)(H,41,44);1H/t27-,28-,30+,34-;/m0./s1. The SMILES string of the molecule is COc1cc(C(=O)NC(C)C)ccc1NC(=O)[C@@H]1N[C@@H](CC(C)(C)C)[C@](C#N)(c2ccc(Cl)cc2F)[C@H]1c1cccc(Cl)c1F.[HH]. The van der Waals surface area contributed by atoms with E-state index < -0.39 is 41.0 Å². The molecule has 0 aliphatic carbocycles. The van der Waals surface area contributed by atoms with Gasteiger partial charge < -0.3 is 20.7 Å². The van der Waals surface area contributed by atoms with Crippen molar-refractivity contribution in [2.75, 3.05) is 12.4 Å². The summed E-state index contributed by atoms with van der Waals surface area (Å²) < 4.78 is 37.2. The van der Waals surface area contributed by atoms with Crippen LogP contribution in [0.3, 0.4) is 0 Å². The second-order valence-electron chi connectivity index (χ2n) is 12.7. The number of carbonyl (C=O) groups excluding carboxylic acids is 2. The Morgan fingerprint density at radius 2 is 1.84 bits per heavy atom. The molecule has 0 radical (unpaired) electrons. The second kappa shape index (κ2) is 13.3. The molecule has 0 saturated carbocycles. The minimum atomic E-state index is -1.77. The van der Waals surface area contributed by atoms with E-state index in [4.69, 9.17) is 27.9 Å². The van der Waals surface area contributed by atoms with Crippen LogP contribution in [-0.2, 0) is 10.2 Å². The maximum absolute atomic E-state index is 15.9. The number of halogens is 4. The molecule has 1 fully saturated rings. The number of amides is 2. The Balaban J connectivity index is 0.00000576. The summed E-state index contributed by atoms with van der Waals surface area (Å²) in [7, 11) is 1.40. The van der Waals surface area contributed by atoms with Crippen LogP contribution in [0.15, 0.2) is 54.6 Å². The molecule has 3 aromatic carbocycles. The van der Waals surface area contributed by atoms with Gasteiger partial charge in [0.25, 0.3) is 5.91 Å². The summed E-state index contributed by atoms with van der Waals surface area (Å²) in [5, 5.41) is 19.8. The van der Waals surface area contributed by atoms with Crippen molar-refractivity contribution in [2.24, 2.45) is 5.41 Å². The molecule has 7 nitrogen and oxygen atoms in total. The van der Waals surface area contributed by atoms with Crippen molar-refractivity contribution in [1.29, 1.82) is 5.26 Å². The highest BCUT2D eigenvalue weighted by molar-refractivity contribution is 6.31. The summed E-state index contributed by atoms with van der Waals surface area (Å²) in [4.78, 5) is 26.8. The highest BCUT2D eigenvalue weighted by Gasteiger charge is 2.61. The Bertz CT molecular complexity index is 1660. The van der Waals surface area contributed by atoms with E-state index in [0.717, 1.165) is 6.07 Å². The Morgan fingerprint density at radius 3 is 2.44 bits per heavy atom. The highest BCUT2D eigenvalue weighted by Crippen LogP contribution is 2.53. The van der Waals surface area contributed by atoms with Crippen LogP contribution < -0.4 is 20.7 Å². The van der Waals surface area contributed by atoms with E-state index in [2.05, 4.69) is 22.0 Å². The Hall–Kier alpha value is -3.71. The first-order valence-corrected chi connectivity index (χ1v) is 15.2. The number of hydrogen-bond donors (Lipinski definition) is 3. The summed E-state index contributed by atoms with van der Waals surface area (Å²) >= 11 is 12.3. The fraction of sp³-hybridized carbons (Fsp3) is 0.382. The number of nitrogens with zero attached hydrogens (tertiary/aromatic N) is 1. The molecule has 240 valence electrons. The largest absolute Gasteiger partial charge is 0.495 e. The fourth-order valence-corrected chi connectivity index (χ4v) is 6.39. The number of rotatable bonds is 8. The molecule has 0 aromatic heterocycles. The third-order valence-corrected chi connectivity index (χ3v) is 8.40. The van der Waals surface area contributed by atoms with Gasteiger partial charge >= 0.3 is 0 Å². The zero-order valence-electron chi connectivity index (χ0n) is 25.9. The number of anilines is 1. The Morgan fingerprint density at radius 1 is 1.13 bits per heavy atom. The number of ether oxygens (including phenoxy) is 1. The van der Waals surface area contributed by atoms with Crippen molar-refractivity contribution < 1.29 is 24.5 Å². The number of nitriles is 1. The first kappa shape index (κ1) is 34.2. The van der Waals surface area contributed by atoms with Gasteiger partial charge in [0, 0.05) is 35.6 Å². The van der Waals surface area contributed by atoms with Gasteiger partial charge in [-0.2, -0.15) is 5.26 Å². The van der Waals surface area contributed by atoms with Gasteiger partial charge in [-0.1, -0.05) is 62.2 Å². The first-order chi connectivity index (χ1) is 21.1. The lowest BCUT2D eigenvalue weighted by Gasteiger charge is -2.37. The number of benzene rings is 3. The van der Waals surface area contributed by atoms with Crippen molar-refractivity contribution >= 4 is 40.7 Å². The summed E-state index contributed by atoms with van der Waals surface area (Å²) in [6, 6.07) is 13.1. The summed E-state index contributed by atoms with van der Waals surface area (Å²) in [6.45, 7) is 9.54. The smallest absolute Gasteiger partial charge is 0.251 e. The lowest BCUT2D eigenvalue weighted by molar-refractivity contribution is -0.118. The monoisotopic (exact) mass is 658 g/mol. The Kier molecular flexibility index (Phi) is 10.1. The summed E-state index contributed by atoms with van der Waals surface area (Å²) in [6.07, 6.45) is 0.327. The van der Waals surface area contributed by atoms with Gasteiger partial charge in [-0.15, -0.1) is 0 Å². The molecular formula is C34H38Cl2F2N4O3. The van der Waals surface area contributed by atoms with E-state index in [1.165, 1.54) is 55.6 Å². The number of nitrogens with one attached hydrogen (secondary N) is 3. The normalized spacial score (nSPS) is 21.3. The second-order valence-corrected chi connectivity index (χ2v) is 13.6. The molecule has 11 heteroatoms. The number of hydrogen-bond acceptors (Lipinski definition) is 5. The van der Waals surface area contributed by atoms with Gasteiger partial charge in [0.1, 0.15) is 22.8 Å². The lowest BCUT2D eigenvalue weighted by Crippen LogP contribution is -2.45. The Labute approximate surface area is 273 Å². The fourth-order valence-electron chi connectivity index (χ4n) is 6.05. The lowest BCUT2D eigenvalue weighted by atomic mass is 9.62. The predicted molar refractivity (Wildman–Crippen MR) is 174 cm³/mol. The molecule has 4 atom stereocenters. The van der Waals surface area contributed by atoms with Crippen LogP contribution in [0, 0.1) is 28.4 Å². The van der Waals surface area contributed by atoms with E-state index in [-0.39, 0.29) is 51.4 Å². The van der Waals surface area contributed by atoms with E-state index >= 15 is 8.78 Å². The summed E-state index contributed by atoms with van der Waals surface area (Å²) in [5.41, 5.74) is -1.62. The average molecular weight is 660 g/mol. The molecule has 0 bridgehead atoms. The predicted octanol–water partition coefficient (Wildman–Crippen LogP) is 7.62. The third-order valence-electron chi connectivity index (χ3n) is 7.87. The maximum atomic E-state index is 15.9. The molecule has 3 N–H and O–H groups in total. The van der Waals surface area contributed by atoms with Crippen molar-refractivity contribution in [2.45, 2.75) is 70.5 Å². The third kappa shape index (κ3) is 6.94. The van der Waals surface area contributed by atoms with Crippen molar-refractivity contribution in [3.05, 3.63) is 93.0 Å². The topological polar surface area (TPSA) is 103 Å². The number of carbonyl (C=O) groups is 2. The van der Waals surface area contributed by atoms with Crippen LogP contribution >= 0.6 is 23.2 Å². The van der Waals surface area contributed by atoms with E-state index in [1.807, 2.05) is 34.6 Å².